The highest BCUT2D eigenvalue weighted by molar-refractivity contribution is 6.73. The van der Waals surface area contributed by atoms with E-state index in [9.17, 15) is 0 Å². The van der Waals surface area contributed by atoms with Crippen molar-refractivity contribution >= 4 is 8.32 Å². The summed E-state index contributed by atoms with van der Waals surface area (Å²) in [7, 11) is -2.02. The van der Waals surface area contributed by atoms with Gasteiger partial charge in [0.15, 0.2) is 5.41 Å². The molecule has 3 nitrogen and oxygen atoms in total. The van der Waals surface area contributed by atoms with E-state index in [0.29, 0.717) is 5.92 Å². The molecule has 144 valence electrons. The van der Waals surface area contributed by atoms with Crippen LogP contribution in [0.15, 0.2) is 0 Å². The normalized spacial score (nSPS) is 23.6. The fourth-order valence-corrected chi connectivity index (χ4v) is 6.19. The standard InChI is InChI=1S/C20H42O3Si/c1-7-23-24(5,6)20(15-11-12-16-21-20)22-17-19(4)14-10-8-9-13-18(2)3/h18-19H,7-17H2,1-6H3. The average molecular weight is 359 g/mol. The smallest absolute Gasteiger partial charge is 0.251 e. The minimum atomic E-state index is -2.02. The SMILES string of the molecule is CCO[Si](C)(C)C1(OCC(C)CCCCCC(C)C)CCCCO1. The molecule has 2 atom stereocenters. The second-order valence-corrected chi connectivity index (χ2v) is 12.5. The Hall–Kier alpha value is 0.0969. The Kier molecular flexibility index (Phi) is 10.1. The Morgan fingerprint density at radius 2 is 1.75 bits per heavy atom. The van der Waals surface area contributed by atoms with Crippen molar-refractivity contribution in [3.05, 3.63) is 0 Å². The van der Waals surface area contributed by atoms with Crippen molar-refractivity contribution in [2.75, 3.05) is 19.8 Å². The molecule has 1 aliphatic heterocycles. The van der Waals surface area contributed by atoms with E-state index in [2.05, 4.69) is 40.8 Å². The van der Waals surface area contributed by atoms with Gasteiger partial charge in [-0.05, 0) is 51.1 Å². The molecule has 1 rings (SSSR count). The molecule has 1 aliphatic rings. The lowest BCUT2D eigenvalue weighted by molar-refractivity contribution is -0.219. The molecule has 1 fully saturated rings. The van der Waals surface area contributed by atoms with Gasteiger partial charge in [-0.25, -0.2) is 0 Å². The first-order valence-electron chi connectivity index (χ1n) is 10.2. The van der Waals surface area contributed by atoms with Gasteiger partial charge in [0, 0.05) is 19.6 Å². The van der Waals surface area contributed by atoms with Crippen LogP contribution in [0, 0.1) is 11.8 Å². The first kappa shape index (κ1) is 22.1. The van der Waals surface area contributed by atoms with Crippen molar-refractivity contribution in [3.63, 3.8) is 0 Å². The van der Waals surface area contributed by atoms with E-state index in [1.807, 2.05) is 0 Å². The highest BCUT2D eigenvalue weighted by atomic mass is 28.4. The maximum atomic E-state index is 6.46. The molecule has 0 saturated carbocycles. The van der Waals surface area contributed by atoms with Crippen molar-refractivity contribution in [2.24, 2.45) is 11.8 Å². The number of hydrogen-bond donors (Lipinski definition) is 0. The number of ether oxygens (including phenoxy) is 2. The van der Waals surface area contributed by atoms with Gasteiger partial charge in [-0.2, -0.15) is 0 Å². The molecule has 0 spiro atoms. The monoisotopic (exact) mass is 358 g/mol. The topological polar surface area (TPSA) is 27.7 Å². The lowest BCUT2D eigenvalue weighted by Crippen LogP contribution is -2.61. The van der Waals surface area contributed by atoms with Crippen LogP contribution < -0.4 is 0 Å². The van der Waals surface area contributed by atoms with Crippen LogP contribution >= 0.6 is 0 Å². The van der Waals surface area contributed by atoms with E-state index in [1.165, 1.54) is 38.5 Å². The number of rotatable bonds is 12. The van der Waals surface area contributed by atoms with Gasteiger partial charge in [0.05, 0.1) is 6.61 Å². The van der Waals surface area contributed by atoms with Crippen LogP contribution in [0.5, 0.6) is 0 Å². The fraction of sp³-hybridized carbons (Fsp3) is 1.00. The average Bonchev–Trinajstić information content (AvgIpc) is 2.53. The summed E-state index contributed by atoms with van der Waals surface area (Å²) in [6.45, 7) is 15.9. The largest absolute Gasteiger partial charge is 0.412 e. The van der Waals surface area contributed by atoms with Crippen molar-refractivity contribution in [1.29, 1.82) is 0 Å². The Balaban J connectivity index is 2.41. The summed E-state index contributed by atoms with van der Waals surface area (Å²) in [5.74, 6) is 1.43. The molecule has 0 amide bonds. The van der Waals surface area contributed by atoms with Crippen molar-refractivity contribution in [3.8, 4) is 0 Å². The lowest BCUT2D eigenvalue weighted by atomic mass is 10.0. The third-order valence-electron chi connectivity index (χ3n) is 5.24. The molecule has 0 N–H and O–H groups in total. The van der Waals surface area contributed by atoms with Crippen LogP contribution in [0.25, 0.3) is 0 Å². The number of hydrogen-bond acceptors (Lipinski definition) is 3. The quantitative estimate of drug-likeness (QED) is 0.320. The number of unbranched alkanes of at least 4 members (excludes halogenated alkanes) is 2. The van der Waals surface area contributed by atoms with Crippen molar-refractivity contribution in [2.45, 2.75) is 97.6 Å². The van der Waals surface area contributed by atoms with Gasteiger partial charge in [-0.15, -0.1) is 0 Å². The molecule has 0 aromatic heterocycles. The zero-order valence-corrected chi connectivity index (χ0v) is 18.2. The van der Waals surface area contributed by atoms with Crippen LogP contribution in [0.4, 0.5) is 0 Å². The third-order valence-corrected chi connectivity index (χ3v) is 8.62. The summed E-state index contributed by atoms with van der Waals surface area (Å²) in [5.41, 5.74) is -0.437. The summed E-state index contributed by atoms with van der Waals surface area (Å²) in [6.07, 6.45) is 9.97. The Morgan fingerprint density at radius 3 is 2.33 bits per heavy atom. The maximum absolute atomic E-state index is 6.46. The molecular formula is C20H42O3Si. The van der Waals surface area contributed by atoms with E-state index < -0.39 is 13.7 Å². The Morgan fingerprint density at radius 1 is 1.04 bits per heavy atom. The van der Waals surface area contributed by atoms with Crippen LogP contribution in [0.2, 0.25) is 13.1 Å². The van der Waals surface area contributed by atoms with E-state index in [0.717, 1.165) is 38.6 Å². The molecule has 4 heteroatoms. The van der Waals surface area contributed by atoms with Crippen LogP contribution in [-0.4, -0.2) is 33.5 Å². The highest BCUT2D eigenvalue weighted by Gasteiger charge is 2.52. The van der Waals surface area contributed by atoms with Gasteiger partial charge in [0.25, 0.3) is 8.32 Å². The molecule has 1 heterocycles. The summed E-state index contributed by atoms with van der Waals surface area (Å²) < 4.78 is 18.8. The van der Waals surface area contributed by atoms with Crippen molar-refractivity contribution < 1.29 is 13.9 Å². The molecular weight excluding hydrogens is 316 g/mol. The van der Waals surface area contributed by atoms with Gasteiger partial charge in [0.1, 0.15) is 0 Å². The second kappa shape index (κ2) is 10.9. The zero-order chi connectivity index (χ0) is 18.1. The molecule has 0 radical (unpaired) electrons. The Labute approximate surface area is 152 Å². The van der Waals surface area contributed by atoms with Gasteiger partial charge in [-0.3, -0.25) is 0 Å². The van der Waals surface area contributed by atoms with Crippen LogP contribution in [0.3, 0.4) is 0 Å². The van der Waals surface area contributed by atoms with E-state index in [4.69, 9.17) is 13.9 Å². The van der Waals surface area contributed by atoms with E-state index >= 15 is 0 Å². The minimum Gasteiger partial charge on any atom is -0.412 e. The van der Waals surface area contributed by atoms with Crippen LogP contribution in [-0.2, 0) is 13.9 Å². The molecule has 24 heavy (non-hydrogen) atoms. The first-order chi connectivity index (χ1) is 11.3. The Bertz CT molecular complexity index is 325. The second-order valence-electron chi connectivity index (χ2n) is 8.45. The summed E-state index contributed by atoms with van der Waals surface area (Å²) in [5, 5.41) is 0. The zero-order valence-electron chi connectivity index (χ0n) is 17.2. The van der Waals surface area contributed by atoms with Crippen LogP contribution in [0.1, 0.15) is 79.1 Å². The predicted molar refractivity (Wildman–Crippen MR) is 105 cm³/mol. The van der Waals surface area contributed by atoms with Gasteiger partial charge >= 0.3 is 0 Å². The first-order valence-corrected chi connectivity index (χ1v) is 13.2. The van der Waals surface area contributed by atoms with E-state index in [-0.39, 0.29) is 0 Å². The lowest BCUT2D eigenvalue weighted by Gasteiger charge is -2.46. The highest BCUT2D eigenvalue weighted by Crippen LogP contribution is 2.36. The molecule has 1 saturated heterocycles. The summed E-state index contributed by atoms with van der Waals surface area (Å²) in [6, 6.07) is 0. The van der Waals surface area contributed by atoms with Gasteiger partial charge in [0.2, 0.25) is 0 Å². The predicted octanol–water partition coefficient (Wildman–Crippen LogP) is 5.92. The van der Waals surface area contributed by atoms with Gasteiger partial charge in [-0.1, -0.05) is 46.5 Å². The minimum absolute atomic E-state index is 0.437. The summed E-state index contributed by atoms with van der Waals surface area (Å²) in [4.78, 5) is 0. The maximum Gasteiger partial charge on any atom is 0.251 e. The fourth-order valence-electron chi connectivity index (χ4n) is 3.58. The van der Waals surface area contributed by atoms with Gasteiger partial charge < -0.3 is 13.9 Å². The molecule has 0 aromatic carbocycles. The molecule has 2 unspecified atom stereocenters. The van der Waals surface area contributed by atoms with Crippen molar-refractivity contribution in [1.82, 2.24) is 0 Å². The third kappa shape index (κ3) is 7.15. The summed E-state index contributed by atoms with van der Waals surface area (Å²) >= 11 is 0. The molecule has 0 bridgehead atoms. The molecule has 0 aliphatic carbocycles. The molecule has 0 aromatic rings. The van der Waals surface area contributed by atoms with E-state index in [1.54, 1.807) is 0 Å².